The minimum absolute atomic E-state index is 0.0990. The molecule has 0 bridgehead atoms. The molecule has 9 nitrogen and oxygen atoms in total. The molecule has 23 heavy (non-hydrogen) atoms. The van der Waals surface area contributed by atoms with E-state index in [1.54, 1.807) is 23.9 Å². The number of morpholine rings is 1. The highest BCUT2D eigenvalue weighted by molar-refractivity contribution is 5.66. The zero-order chi connectivity index (χ0) is 16.4. The van der Waals surface area contributed by atoms with Crippen LogP contribution in [0.1, 0.15) is 17.4 Å². The second-order valence-electron chi connectivity index (χ2n) is 5.10. The van der Waals surface area contributed by atoms with Crippen LogP contribution < -0.4 is 4.90 Å². The molecular formula is C14H14N6O3. The zero-order valence-corrected chi connectivity index (χ0v) is 12.4. The largest absolute Gasteiger partial charge is 0.377 e. The van der Waals surface area contributed by atoms with E-state index in [0.29, 0.717) is 31.3 Å². The standard InChI is InChI=1S/C14H14N6O3/c1-18-14(16-9-17-18)13-8-23-5-4-19(13)11-3-2-10(7-15)6-12(11)20(21)22/h2-3,6,9,13H,4-5,8H2,1H3. The second kappa shape index (κ2) is 6.02. The molecule has 118 valence electrons. The number of ether oxygens (including phenoxy) is 1. The number of nitro benzene ring substituents is 1. The molecule has 1 unspecified atom stereocenters. The Morgan fingerprint density at radius 3 is 3.00 bits per heavy atom. The van der Waals surface area contributed by atoms with Crippen molar-refractivity contribution < 1.29 is 9.66 Å². The molecule has 0 aliphatic carbocycles. The molecule has 0 saturated carbocycles. The number of nitrogens with zero attached hydrogens (tertiary/aromatic N) is 6. The number of aryl methyl sites for hydroxylation is 1. The maximum absolute atomic E-state index is 11.4. The molecular weight excluding hydrogens is 300 g/mol. The lowest BCUT2D eigenvalue weighted by atomic mass is 10.1. The van der Waals surface area contributed by atoms with Gasteiger partial charge >= 0.3 is 0 Å². The Morgan fingerprint density at radius 1 is 1.52 bits per heavy atom. The lowest BCUT2D eigenvalue weighted by molar-refractivity contribution is -0.384. The number of rotatable bonds is 3. The summed E-state index contributed by atoms with van der Waals surface area (Å²) in [7, 11) is 1.77. The van der Waals surface area contributed by atoms with Gasteiger partial charge in [-0.3, -0.25) is 14.8 Å². The van der Waals surface area contributed by atoms with E-state index in [4.69, 9.17) is 10.00 Å². The molecule has 0 N–H and O–H groups in total. The molecule has 9 heteroatoms. The van der Waals surface area contributed by atoms with Crippen molar-refractivity contribution in [2.45, 2.75) is 6.04 Å². The van der Waals surface area contributed by atoms with Crippen LogP contribution in [0.4, 0.5) is 11.4 Å². The summed E-state index contributed by atoms with van der Waals surface area (Å²) < 4.78 is 7.14. The highest BCUT2D eigenvalue weighted by Crippen LogP contribution is 2.35. The fourth-order valence-corrected chi connectivity index (χ4v) is 2.69. The number of aromatic nitrogens is 3. The minimum atomic E-state index is -0.473. The van der Waals surface area contributed by atoms with E-state index in [2.05, 4.69) is 10.1 Å². The Balaban J connectivity index is 2.06. The highest BCUT2D eigenvalue weighted by atomic mass is 16.6. The van der Waals surface area contributed by atoms with Crippen LogP contribution in [0.5, 0.6) is 0 Å². The zero-order valence-electron chi connectivity index (χ0n) is 12.4. The lowest BCUT2D eigenvalue weighted by Crippen LogP contribution is -2.41. The van der Waals surface area contributed by atoms with Gasteiger partial charge in [0, 0.05) is 19.7 Å². The average Bonchev–Trinajstić information content (AvgIpc) is 3.00. The number of hydrogen-bond donors (Lipinski definition) is 0. The molecule has 2 heterocycles. The summed E-state index contributed by atoms with van der Waals surface area (Å²) in [6.45, 7) is 1.32. The first-order valence-corrected chi connectivity index (χ1v) is 6.98. The Morgan fingerprint density at radius 2 is 2.35 bits per heavy atom. The van der Waals surface area contributed by atoms with Gasteiger partial charge in [0.25, 0.3) is 5.69 Å². The molecule has 3 rings (SSSR count). The summed E-state index contributed by atoms with van der Waals surface area (Å²) in [5.74, 6) is 0.670. The summed E-state index contributed by atoms with van der Waals surface area (Å²) in [4.78, 5) is 17.0. The SMILES string of the molecule is Cn1ncnc1C1COCCN1c1ccc(C#N)cc1[N+](=O)[O-]. The van der Waals surface area contributed by atoms with Crippen LogP contribution in [-0.2, 0) is 11.8 Å². The Bertz CT molecular complexity index is 781. The molecule has 0 radical (unpaired) electrons. The number of nitro groups is 1. The maximum Gasteiger partial charge on any atom is 0.293 e. The molecule has 1 fully saturated rings. The van der Waals surface area contributed by atoms with Gasteiger partial charge in [-0.2, -0.15) is 10.4 Å². The quantitative estimate of drug-likeness (QED) is 0.617. The molecule has 1 aromatic heterocycles. The smallest absolute Gasteiger partial charge is 0.293 e. The lowest BCUT2D eigenvalue weighted by Gasteiger charge is -2.36. The van der Waals surface area contributed by atoms with Gasteiger partial charge < -0.3 is 9.64 Å². The molecule has 1 aliphatic heterocycles. The average molecular weight is 314 g/mol. The molecule has 1 saturated heterocycles. The van der Waals surface area contributed by atoms with E-state index < -0.39 is 4.92 Å². The van der Waals surface area contributed by atoms with Crippen molar-refractivity contribution in [2.75, 3.05) is 24.7 Å². The monoisotopic (exact) mass is 314 g/mol. The van der Waals surface area contributed by atoms with Crippen LogP contribution in [0, 0.1) is 21.4 Å². The first kappa shape index (κ1) is 14.9. The first-order valence-electron chi connectivity index (χ1n) is 6.98. The first-order chi connectivity index (χ1) is 11.1. The third-order valence-electron chi connectivity index (χ3n) is 3.78. The summed E-state index contributed by atoms with van der Waals surface area (Å²) in [5.41, 5.74) is 0.604. The van der Waals surface area contributed by atoms with Gasteiger partial charge in [-0.15, -0.1) is 0 Å². The minimum Gasteiger partial charge on any atom is -0.377 e. The summed E-state index contributed by atoms with van der Waals surface area (Å²) in [6, 6.07) is 6.12. The Hall–Kier alpha value is -2.99. The van der Waals surface area contributed by atoms with Crippen molar-refractivity contribution in [1.29, 1.82) is 5.26 Å². The van der Waals surface area contributed by atoms with Gasteiger partial charge in [-0.05, 0) is 12.1 Å². The predicted molar refractivity (Wildman–Crippen MR) is 79.7 cm³/mol. The van der Waals surface area contributed by atoms with Gasteiger partial charge in [0.05, 0.1) is 29.8 Å². The van der Waals surface area contributed by atoms with Crippen molar-refractivity contribution in [1.82, 2.24) is 14.8 Å². The van der Waals surface area contributed by atoms with Gasteiger partial charge in [0.1, 0.15) is 18.1 Å². The fourth-order valence-electron chi connectivity index (χ4n) is 2.69. The van der Waals surface area contributed by atoms with Gasteiger partial charge in [-0.25, -0.2) is 4.98 Å². The van der Waals surface area contributed by atoms with Crippen molar-refractivity contribution >= 4 is 11.4 Å². The van der Waals surface area contributed by atoms with Crippen LogP contribution in [0.15, 0.2) is 24.5 Å². The van der Waals surface area contributed by atoms with Crippen molar-refractivity contribution in [3.63, 3.8) is 0 Å². The van der Waals surface area contributed by atoms with Gasteiger partial charge in [0.2, 0.25) is 0 Å². The van der Waals surface area contributed by atoms with Crippen LogP contribution in [0.25, 0.3) is 0 Å². The molecule has 2 aromatic rings. The number of nitriles is 1. The third-order valence-corrected chi connectivity index (χ3v) is 3.78. The second-order valence-corrected chi connectivity index (χ2v) is 5.10. The number of hydrogen-bond acceptors (Lipinski definition) is 7. The van der Waals surface area contributed by atoms with Crippen molar-refractivity contribution in [3.05, 3.63) is 46.0 Å². The maximum atomic E-state index is 11.4. The van der Waals surface area contributed by atoms with E-state index >= 15 is 0 Å². The van der Waals surface area contributed by atoms with Crippen LogP contribution >= 0.6 is 0 Å². The van der Waals surface area contributed by atoms with Gasteiger partial charge in [0.15, 0.2) is 5.82 Å². The van der Waals surface area contributed by atoms with E-state index in [-0.39, 0.29) is 17.3 Å². The predicted octanol–water partition coefficient (Wildman–Crippen LogP) is 1.17. The summed E-state index contributed by atoms with van der Waals surface area (Å²) >= 11 is 0. The normalized spacial score (nSPS) is 17.7. The summed E-state index contributed by atoms with van der Waals surface area (Å²) in [5, 5.41) is 24.4. The van der Waals surface area contributed by atoms with Crippen LogP contribution in [0.3, 0.4) is 0 Å². The fraction of sp³-hybridized carbons (Fsp3) is 0.357. The Labute approximate surface area is 131 Å². The van der Waals surface area contributed by atoms with Crippen molar-refractivity contribution in [2.24, 2.45) is 7.05 Å². The van der Waals surface area contributed by atoms with Crippen LogP contribution in [0.2, 0.25) is 0 Å². The number of anilines is 1. The molecule has 0 spiro atoms. The highest BCUT2D eigenvalue weighted by Gasteiger charge is 2.32. The Kier molecular flexibility index (Phi) is 3.91. The third kappa shape index (κ3) is 2.72. The van der Waals surface area contributed by atoms with E-state index in [0.717, 1.165) is 0 Å². The molecule has 1 aromatic carbocycles. The summed E-state index contributed by atoms with van der Waals surface area (Å²) in [6.07, 6.45) is 1.44. The molecule has 1 atom stereocenters. The van der Waals surface area contributed by atoms with E-state index in [9.17, 15) is 10.1 Å². The molecule has 0 amide bonds. The van der Waals surface area contributed by atoms with E-state index in [1.807, 2.05) is 11.0 Å². The van der Waals surface area contributed by atoms with Crippen LogP contribution in [-0.4, -0.2) is 39.4 Å². The van der Waals surface area contributed by atoms with Gasteiger partial charge in [-0.1, -0.05) is 0 Å². The topological polar surface area (TPSA) is 110 Å². The van der Waals surface area contributed by atoms with Crippen molar-refractivity contribution in [3.8, 4) is 6.07 Å². The number of benzene rings is 1. The molecule has 1 aliphatic rings. The van der Waals surface area contributed by atoms with E-state index in [1.165, 1.54) is 12.4 Å².